The summed E-state index contributed by atoms with van der Waals surface area (Å²) >= 11 is 0. The Morgan fingerprint density at radius 1 is 1.33 bits per heavy atom. The van der Waals surface area contributed by atoms with Crippen LogP contribution in [0.1, 0.15) is 19.4 Å². The Kier molecular flexibility index (Phi) is 6.70. The van der Waals surface area contributed by atoms with Gasteiger partial charge in [-0.25, -0.2) is 5.43 Å². The molecule has 2 aromatic carbocycles. The number of hydrazone groups is 1. The number of rotatable bonds is 8. The quantitative estimate of drug-likeness (QED) is 0.416. The van der Waals surface area contributed by atoms with E-state index < -0.39 is 16.9 Å². The summed E-state index contributed by atoms with van der Waals surface area (Å²) in [7, 11) is 0. The molecule has 0 unspecified atom stereocenters. The number of phenolic OH excluding ortho intramolecular Hbond substituents is 1. The minimum Gasteiger partial charge on any atom is -0.504 e. The summed E-state index contributed by atoms with van der Waals surface area (Å²) in [5.41, 5.74) is 2.67. The lowest BCUT2D eigenvalue weighted by molar-refractivity contribution is -0.386. The molecule has 9 heteroatoms. The smallest absolute Gasteiger partial charge is 0.310 e. The first-order chi connectivity index (χ1) is 12.9. The van der Waals surface area contributed by atoms with Crippen LogP contribution in [0.4, 0.5) is 5.69 Å². The summed E-state index contributed by atoms with van der Waals surface area (Å²) in [5, 5.41) is 24.4. The molecule has 0 saturated carbocycles. The number of para-hydroxylation sites is 2. The fourth-order valence-corrected chi connectivity index (χ4v) is 2.10. The third-order valence-electron chi connectivity index (χ3n) is 3.41. The third-order valence-corrected chi connectivity index (χ3v) is 3.41. The van der Waals surface area contributed by atoms with Gasteiger partial charge in [0.25, 0.3) is 5.91 Å². The van der Waals surface area contributed by atoms with Gasteiger partial charge in [-0.05, 0) is 43.7 Å². The van der Waals surface area contributed by atoms with Gasteiger partial charge in [-0.15, -0.1) is 0 Å². The van der Waals surface area contributed by atoms with Gasteiger partial charge >= 0.3 is 5.69 Å². The average Bonchev–Trinajstić information content (AvgIpc) is 2.64. The zero-order valence-electron chi connectivity index (χ0n) is 14.8. The monoisotopic (exact) mass is 373 g/mol. The molecule has 0 aromatic heterocycles. The summed E-state index contributed by atoms with van der Waals surface area (Å²) in [4.78, 5) is 22.4. The van der Waals surface area contributed by atoms with Crippen LogP contribution in [0.3, 0.4) is 0 Å². The van der Waals surface area contributed by atoms with Crippen LogP contribution < -0.4 is 14.9 Å². The maximum atomic E-state index is 12.1. The first kappa shape index (κ1) is 19.7. The molecule has 2 rings (SSSR count). The molecule has 0 fully saturated rings. The molecule has 0 aliphatic heterocycles. The fourth-order valence-electron chi connectivity index (χ4n) is 2.10. The minimum atomic E-state index is -0.998. The summed E-state index contributed by atoms with van der Waals surface area (Å²) in [5.74, 6) is -0.271. The number of aromatic hydroxyl groups is 1. The lowest BCUT2D eigenvalue weighted by atomic mass is 10.2. The standard InChI is InChI=1S/C18H19N3O6/c1-3-26-17-10-13(8-9-15(17)22)11-19-20-18(23)12(2)27-16-7-5-4-6-14(16)21(24)25/h4-12,22H,3H2,1-2H3,(H,20,23)/b19-11-/t12-/m1/s1. The van der Waals surface area contributed by atoms with Crippen molar-refractivity contribution < 1.29 is 24.3 Å². The SMILES string of the molecule is CCOc1cc(/C=N\NC(=O)[C@@H](C)Oc2ccccc2[N+](=O)[O-])ccc1O. The molecule has 0 bridgehead atoms. The second-order valence-electron chi connectivity index (χ2n) is 5.38. The normalized spacial score (nSPS) is 11.8. The summed E-state index contributed by atoms with van der Waals surface area (Å²) in [6, 6.07) is 10.4. The summed E-state index contributed by atoms with van der Waals surface area (Å²) < 4.78 is 10.6. The Balaban J connectivity index is 1.98. The maximum absolute atomic E-state index is 12.1. The number of nitrogens with zero attached hydrogens (tertiary/aromatic N) is 2. The van der Waals surface area contributed by atoms with Gasteiger partial charge in [-0.2, -0.15) is 5.10 Å². The van der Waals surface area contributed by atoms with Crippen molar-refractivity contribution >= 4 is 17.8 Å². The van der Waals surface area contributed by atoms with E-state index in [-0.39, 0.29) is 17.2 Å². The van der Waals surface area contributed by atoms with Crippen molar-refractivity contribution in [3.63, 3.8) is 0 Å². The number of carbonyl (C=O) groups is 1. The Bertz CT molecular complexity index is 853. The van der Waals surface area contributed by atoms with E-state index in [0.717, 1.165) is 0 Å². The molecule has 0 saturated heterocycles. The number of benzene rings is 2. The average molecular weight is 373 g/mol. The summed E-state index contributed by atoms with van der Waals surface area (Å²) in [6.07, 6.45) is 0.374. The van der Waals surface area contributed by atoms with Crippen molar-refractivity contribution in [3.8, 4) is 17.2 Å². The van der Waals surface area contributed by atoms with Crippen LogP contribution in [0.25, 0.3) is 0 Å². The molecule has 0 heterocycles. The van der Waals surface area contributed by atoms with Crippen molar-refractivity contribution in [3.05, 3.63) is 58.1 Å². The molecular formula is C18H19N3O6. The van der Waals surface area contributed by atoms with Gasteiger partial charge in [0.15, 0.2) is 23.4 Å². The predicted molar refractivity (Wildman–Crippen MR) is 98.2 cm³/mol. The number of amides is 1. The lowest BCUT2D eigenvalue weighted by Crippen LogP contribution is -2.33. The molecule has 27 heavy (non-hydrogen) atoms. The number of nitro groups is 1. The number of ether oxygens (including phenoxy) is 2. The first-order valence-electron chi connectivity index (χ1n) is 8.11. The number of carbonyl (C=O) groups excluding carboxylic acids is 1. The predicted octanol–water partition coefficient (Wildman–Crippen LogP) is 2.62. The highest BCUT2D eigenvalue weighted by Gasteiger charge is 2.20. The highest BCUT2D eigenvalue weighted by atomic mass is 16.6. The van der Waals surface area contributed by atoms with E-state index in [1.54, 1.807) is 25.1 Å². The van der Waals surface area contributed by atoms with Crippen LogP contribution in [-0.2, 0) is 4.79 Å². The van der Waals surface area contributed by atoms with Crippen LogP contribution in [0.5, 0.6) is 17.2 Å². The highest BCUT2D eigenvalue weighted by molar-refractivity contribution is 5.85. The van der Waals surface area contributed by atoms with E-state index in [1.165, 1.54) is 37.4 Å². The Labute approximate surface area is 155 Å². The molecule has 142 valence electrons. The Morgan fingerprint density at radius 2 is 2.07 bits per heavy atom. The third kappa shape index (κ3) is 5.43. The topological polar surface area (TPSA) is 123 Å². The van der Waals surface area contributed by atoms with Crippen LogP contribution >= 0.6 is 0 Å². The van der Waals surface area contributed by atoms with E-state index in [2.05, 4.69) is 10.5 Å². The van der Waals surface area contributed by atoms with Crippen molar-refractivity contribution in [1.29, 1.82) is 0 Å². The van der Waals surface area contributed by atoms with Crippen LogP contribution in [0, 0.1) is 10.1 Å². The van der Waals surface area contributed by atoms with Crippen LogP contribution in [0.15, 0.2) is 47.6 Å². The van der Waals surface area contributed by atoms with E-state index in [1.807, 2.05) is 0 Å². The van der Waals surface area contributed by atoms with Gasteiger partial charge in [0, 0.05) is 6.07 Å². The number of hydrogen-bond acceptors (Lipinski definition) is 7. The second kappa shape index (κ2) is 9.18. The molecule has 0 radical (unpaired) electrons. The van der Waals surface area contributed by atoms with E-state index in [4.69, 9.17) is 9.47 Å². The van der Waals surface area contributed by atoms with Gasteiger partial charge in [0.1, 0.15) is 0 Å². The zero-order chi connectivity index (χ0) is 19.8. The van der Waals surface area contributed by atoms with Gasteiger partial charge in [0.2, 0.25) is 0 Å². The molecule has 9 nitrogen and oxygen atoms in total. The molecular weight excluding hydrogens is 354 g/mol. The molecule has 0 spiro atoms. The number of nitro benzene ring substituents is 1. The fraction of sp³-hybridized carbons (Fsp3) is 0.222. The number of hydrogen-bond donors (Lipinski definition) is 2. The highest BCUT2D eigenvalue weighted by Crippen LogP contribution is 2.27. The van der Waals surface area contributed by atoms with Crippen molar-refractivity contribution in [2.75, 3.05) is 6.61 Å². The first-order valence-corrected chi connectivity index (χ1v) is 8.11. The second-order valence-corrected chi connectivity index (χ2v) is 5.38. The van der Waals surface area contributed by atoms with Gasteiger partial charge in [-0.1, -0.05) is 12.1 Å². The van der Waals surface area contributed by atoms with E-state index in [9.17, 15) is 20.0 Å². The Morgan fingerprint density at radius 3 is 2.78 bits per heavy atom. The molecule has 2 N–H and O–H groups in total. The number of nitrogens with one attached hydrogen (secondary N) is 1. The molecule has 1 amide bonds. The van der Waals surface area contributed by atoms with Crippen LogP contribution in [0.2, 0.25) is 0 Å². The largest absolute Gasteiger partial charge is 0.504 e. The molecule has 0 aliphatic carbocycles. The minimum absolute atomic E-state index is 0.00418. The summed E-state index contributed by atoms with van der Waals surface area (Å²) in [6.45, 7) is 3.64. The Hall–Kier alpha value is -3.62. The zero-order valence-corrected chi connectivity index (χ0v) is 14.8. The molecule has 0 aliphatic rings. The van der Waals surface area contributed by atoms with Crippen LogP contribution in [-0.4, -0.2) is 34.9 Å². The van der Waals surface area contributed by atoms with E-state index in [0.29, 0.717) is 17.9 Å². The van der Waals surface area contributed by atoms with E-state index >= 15 is 0 Å². The molecule has 2 aromatic rings. The van der Waals surface area contributed by atoms with Crippen molar-refractivity contribution in [2.24, 2.45) is 5.10 Å². The van der Waals surface area contributed by atoms with Crippen molar-refractivity contribution in [1.82, 2.24) is 5.43 Å². The number of phenols is 1. The van der Waals surface area contributed by atoms with Gasteiger partial charge in [0.05, 0.1) is 17.7 Å². The lowest BCUT2D eigenvalue weighted by Gasteiger charge is -2.12. The molecule has 1 atom stereocenters. The van der Waals surface area contributed by atoms with Gasteiger partial charge in [-0.3, -0.25) is 14.9 Å². The maximum Gasteiger partial charge on any atom is 0.310 e. The van der Waals surface area contributed by atoms with Gasteiger partial charge < -0.3 is 14.6 Å². The van der Waals surface area contributed by atoms with Crippen molar-refractivity contribution in [2.45, 2.75) is 20.0 Å².